The van der Waals surface area contributed by atoms with Crippen molar-refractivity contribution >= 4 is 5.96 Å². The van der Waals surface area contributed by atoms with Crippen LogP contribution in [0.2, 0.25) is 0 Å². The average molecular weight is 317 g/mol. The molecule has 0 spiro atoms. The Morgan fingerprint density at radius 2 is 1.43 bits per heavy atom. The maximum absolute atomic E-state index is 13.1. The largest absolute Gasteiger partial charge is 0.356 e. The van der Waals surface area contributed by atoms with Crippen molar-refractivity contribution in [2.24, 2.45) is 4.99 Å². The zero-order chi connectivity index (χ0) is 16.5. The summed E-state index contributed by atoms with van der Waals surface area (Å²) in [5.74, 6) is -0.423. The van der Waals surface area contributed by atoms with E-state index in [1.165, 1.54) is 17.7 Å². The van der Waals surface area contributed by atoms with Gasteiger partial charge in [-0.25, -0.2) is 8.78 Å². The zero-order valence-electron chi connectivity index (χ0n) is 13.2. The van der Waals surface area contributed by atoms with Gasteiger partial charge in [-0.1, -0.05) is 30.3 Å². The molecule has 0 bridgehead atoms. The van der Waals surface area contributed by atoms with Crippen LogP contribution in [0, 0.1) is 11.6 Å². The molecular weight excluding hydrogens is 296 g/mol. The summed E-state index contributed by atoms with van der Waals surface area (Å²) in [6, 6.07) is 13.7. The molecule has 2 aromatic rings. The van der Waals surface area contributed by atoms with Gasteiger partial charge in [0.1, 0.15) is 11.6 Å². The van der Waals surface area contributed by atoms with Crippen molar-refractivity contribution in [1.29, 1.82) is 0 Å². The third-order valence-electron chi connectivity index (χ3n) is 3.40. The molecule has 23 heavy (non-hydrogen) atoms. The second-order valence-corrected chi connectivity index (χ2v) is 5.19. The van der Waals surface area contributed by atoms with E-state index >= 15 is 0 Å². The molecule has 0 aliphatic rings. The fourth-order valence-electron chi connectivity index (χ4n) is 2.27. The Balaban J connectivity index is 1.72. The summed E-state index contributed by atoms with van der Waals surface area (Å²) < 4.78 is 26.2. The highest BCUT2D eigenvalue weighted by molar-refractivity contribution is 5.79. The van der Waals surface area contributed by atoms with E-state index in [0.717, 1.165) is 19.0 Å². The number of benzene rings is 2. The van der Waals surface area contributed by atoms with Crippen LogP contribution in [-0.2, 0) is 12.8 Å². The van der Waals surface area contributed by atoms with Gasteiger partial charge in [-0.2, -0.15) is 0 Å². The summed E-state index contributed by atoms with van der Waals surface area (Å²) in [4.78, 5) is 4.13. The van der Waals surface area contributed by atoms with Gasteiger partial charge in [-0.3, -0.25) is 4.99 Å². The predicted molar refractivity (Wildman–Crippen MR) is 89.6 cm³/mol. The van der Waals surface area contributed by atoms with E-state index in [0.29, 0.717) is 24.5 Å². The first-order chi connectivity index (χ1) is 11.2. The Morgan fingerprint density at radius 3 is 2.00 bits per heavy atom. The molecule has 5 heteroatoms. The fraction of sp³-hybridized carbons (Fsp3) is 0.278. The Bertz CT molecular complexity index is 622. The van der Waals surface area contributed by atoms with Crippen molar-refractivity contribution in [3.05, 3.63) is 71.3 Å². The molecular formula is C18H21F2N3. The van der Waals surface area contributed by atoms with E-state index in [2.05, 4.69) is 27.8 Å². The van der Waals surface area contributed by atoms with Crippen LogP contribution >= 0.6 is 0 Å². The van der Waals surface area contributed by atoms with E-state index in [9.17, 15) is 8.78 Å². The number of rotatable bonds is 6. The Hall–Kier alpha value is -2.43. The first-order valence-electron chi connectivity index (χ1n) is 7.61. The predicted octanol–water partition coefficient (Wildman–Crippen LogP) is 2.92. The van der Waals surface area contributed by atoms with Crippen LogP contribution in [0.25, 0.3) is 0 Å². The maximum atomic E-state index is 13.1. The summed E-state index contributed by atoms with van der Waals surface area (Å²) in [6.07, 6.45) is 1.42. The molecule has 0 fully saturated rings. The number of nitrogens with zero attached hydrogens (tertiary/aromatic N) is 1. The molecule has 0 heterocycles. The molecule has 0 unspecified atom stereocenters. The summed E-state index contributed by atoms with van der Waals surface area (Å²) >= 11 is 0. The summed E-state index contributed by atoms with van der Waals surface area (Å²) in [7, 11) is 1.69. The highest BCUT2D eigenvalue weighted by Crippen LogP contribution is 2.08. The molecule has 0 aliphatic carbocycles. The monoisotopic (exact) mass is 317 g/mol. The standard InChI is InChI=1S/C18H21F2N3/c1-21-18(22-9-7-14-5-3-2-4-6-14)23-10-8-15-11-16(19)13-17(20)12-15/h2-6,11-13H,7-10H2,1H3,(H2,21,22,23). The number of halogens is 2. The zero-order valence-corrected chi connectivity index (χ0v) is 13.2. The summed E-state index contributed by atoms with van der Waals surface area (Å²) in [5.41, 5.74) is 1.88. The fourth-order valence-corrected chi connectivity index (χ4v) is 2.27. The quantitative estimate of drug-likeness (QED) is 0.635. The molecule has 2 rings (SSSR count). The van der Waals surface area contributed by atoms with E-state index < -0.39 is 11.6 Å². The lowest BCUT2D eigenvalue weighted by Gasteiger charge is -2.12. The minimum Gasteiger partial charge on any atom is -0.356 e. The average Bonchev–Trinajstić information content (AvgIpc) is 2.53. The number of hydrogen-bond donors (Lipinski definition) is 2. The van der Waals surface area contributed by atoms with Crippen molar-refractivity contribution < 1.29 is 8.78 Å². The molecule has 2 N–H and O–H groups in total. The van der Waals surface area contributed by atoms with Crippen molar-refractivity contribution in [3.63, 3.8) is 0 Å². The van der Waals surface area contributed by atoms with Crippen LogP contribution in [0.4, 0.5) is 8.78 Å². The van der Waals surface area contributed by atoms with Crippen LogP contribution in [0.1, 0.15) is 11.1 Å². The minimum atomic E-state index is -0.551. The number of hydrogen-bond acceptors (Lipinski definition) is 1. The van der Waals surface area contributed by atoms with Gasteiger partial charge in [0.25, 0.3) is 0 Å². The minimum absolute atomic E-state index is 0.522. The molecule has 0 amide bonds. The topological polar surface area (TPSA) is 36.4 Å². The molecule has 122 valence electrons. The molecule has 0 saturated carbocycles. The van der Waals surface area contributed by atoms with Crippen LogP contribution in [0.15, 0.2) is 53.5 Å². The van der Waals surface area contributed by atoms with Gasteiger partial charge in [-0.05, 0) is 36.1 Å². The van der Waals surface area contributed by atoms with Gasteiger partial charge in [0, 0.05) is 26.2 Å². The number of aliphatic imine (C=N–C) groups is 1. The highest BCUT2D eigenvalue weighted by Gasteiger charge is 2.02. The van der Waals surface area contributed by atoms with Gasteiger partial charge in [0.15, 0.2) is 5.96 Å². The summed E-state index contributed by atoms with van der Waals surface area (Å²) in [6.45, 7) is 1.31. The lowest BCUT2D eigenvalue weighted by atomic mass is 10.1. The van der Waals surface area contributed by atoms with E-state index in [4.69, 9.17) is 0 Å². The van der Waals surface area contributed by atoms with Crippen LogP contribution in [0.3, 0.4) is 0 Å². The SMILES string of the molecule is CN=C(NCCc1ccccc1)NCCc1cc(F)cc(F)c1. The Labute approximate surface area is 135 Å². The van der Waals surface area contributed by atoms with E-state index in [-0.39, 0.29) is 0 Å². The van der Waals surface area contributed by atoms with Gasteiger partial charge in [0.05, 0.1) is 0 Å². The molecule has 0 radical (unpaired) electrons. The molecule has 2 aromatic carbocycles. The van der Waals surface area contributed by atoms with Crippen molar-refractivity contribution in [3.8, 4) is 0 Å². The normalized spacial score (nSPS) is 11.3. The second kappa shape index (κ2) is 8.88. The maximum Gasteiger partial charge on any atom is 0.190 e. The smallest absolute Gasteiger partial charge is 0.190 e. The molecule has 0 saturated heterocycles. The van der Waals surface area contributed by atoms with Crippen molar-refractivity contribution in [1.82, 2.24) is 10.6 Å². The third-order valence-corrected chi connectivity index (χ3v) is 3.40. The Morgan fingerprint density at radius 1 is 0.870 bits per heavy atom. The third kappa shape index (κ3) is 6.06. The second-order valence-electron chi connectivity index (χ2n) is 5.19. The van der Waals surface area contributed by atoms with Gasteiger partial charge in [-0.15, -0.1) is 0 Å². The molecule has 0 atom stereocenters. The van der Waals surface area contributed by atoms with Crippen molar-refractivity contribution in [2.45, 2.75) is 12.8 Å². The van der Waals surface area contributed by atoms with E-state index in [1.54, 1.807) is 7.05 Å². The van der Waals surface area contributed by atoms with Gasteiger partial charge >= 0.3 is 0 Å². The first kappa shape index (κ1) is 16.9. The molecule has 0 aliphatic heterocycles. The lowest BCUT2D eigenvalue weighted by molar-refractivity contribution is 0.579. The summed E-state index contributed by atoms with van der Waals surface area (Å²) in [5, 5.41) is 6.35. The Kier molecular flexibility index (Phi) is 6.54. The lowest BCUT2D eigenvalue weighted by Crippen LogP contribution is -2.39. The van der Waals surface area contributed by atoms with Crippen LogP contribution < -0.4 is 10.6 Å². The van der Waals surface area contributed by atoms with Crippen molar-refractivity contribution in [2.75, 3.05) is 20.1 Å². The van der Waals surface area contributed by atoms with Gasteiger partial charge < -0.3 is 10.6 Å². The number of guanidine groups is 1. The van der Waals surface area contributed by atoms with Crippen LogP contribution in [0.5, 0.6) is 0 Å². The molecule has 0 aromatic heterocycles. The van der Waals surface area contributed by atoms with Crippen LogP contribution in [-0.4, -0.2) is 26.1 Å². The van der Waals surface area contributed by atoms with Gasteiger partial charge in [0.2, 0.25) is 0 Å². The number of nitrogens with one attached hydrogen (secondary N) is 2. The van der Waals surface area contributed by atoms with E-state index in [1.807, 2.05) is 18.2 Å². The first-order valence-corrected chi connectivity index (χ1v) is 7.61. The molecule has 3 nitrogen and oxygen atoms in total. The highest BCUT2D eigenvalue weighted by atomic mass is 19.1.